The normalized spacial score (nSPS) is 17.7. The number of thioether (sulfide) groups is 1. The van der Waals surface area contributed by atoms with E-state index >= 15 is 0 Å². The highest BCUT2D eigenvalue weighted by Crippen LogP contribution is 2.19. The predicted molar refractivity (Wildman–Crippen MR) is 72.3 cm³/mol. The summed E-state index contributed by atoms with van der Waals surface area (Å²) in [5, 5.41) is 9.71. The van der Waals surface area contributed by atoms with Gasteiger partial charge in [-0.3, -0.25) is 4.79 Å². The fourth-order valence-corrected chi connectivity index (χ4v) is 2.89. The monoisotopic (exact) mass is 258 g/mol. The van der Waals surface area contributed by atoms with Gasteiger partial charge in [-0.15, -0.1) is 5.10 Å². The topological polar surface area (TPSA) is 83.3 Å². The molecule has 2 aromatic rings. The lowest BCUT2D eigenvalue weighted by Crippen LogP contribution is -2.30. The minimum Gasteiger partial charge on any atom is -0.347 e. The van der Waals surface area contributed by atoms with E-state index in [0.717, 1.165) is 21.2 Å². The molecule has 6 heteroatoms. The van der Waals surface area contributed by atoms with Crippen molar-refractivity contribution >= 4 is 39.5 Å². The fraction of sp³-hybridized carbons (Fsp3) is 0.0833. The number of fused-ring (bicyclic) bond motifs is 1. The number of rotatable bonds is 0. The molecular formula is C12H10N4OS. The molecule has 0 unspecified atom stereocenters. The Labute approximate surface area is 106 Å². The van der Waals surface area contributed by atoms with Crippen molar-refractivity contribution in [1.29, 1.82) is 0 Å². The maximum Gasteiger partial charge on any atom is 0.235 e. The number of benzene rings is 1. The van der Waals surface area contributed by atoms with Crippen molar-refractivity contribution in [3.05, 3.63) is 34.8 Å². The summed E-state index contributed by atoms with van der Waals surface area (Å²) in [6.07, 6.45) is 0. The van der Waals surface area contributed by atoms with Gasteiger partial charge in [0.2, 0.25) is 5.91 Å². The Kier molecular flexibility index (Phi) is 2.59. The molecule has 4 N–H and O–H groups in total. The van der Waals surface area contributed by atoms with E-state index in [1.54, 1.807) is 0 Å². The van der Waals surface area contributed by atoms with E-state index in [9.17, 15) is 4.79 Å². The lowest BCUT2D eigenvalue weighted by molar-refractivity contribution is -0.117. The maximum absolute atomic E-state index is 11.3. The molecular weight excluding hydrogens is 248 g/mol. The van der Waals surface area contributed by atoms with E-state index in [1.165, 1.54) is 11.8 Å². The molecule has 1 saturated heterocycles. The summed E-state index contributed by atoms with van der Waals surface area (Å²) in [5.41, 5.74) is 0.966. The van der Waals surface area contributed by atoms with Crippen LogP contribution >= 0.6 is 11.8 Å². The van der Waals surface area contributed by atoms with Gasteiger partial charge in [0.1, 0.15) is 5.35 Å². The number of H-pyrrole nitrogens is 1. The Hall–Kier alpha value is -2.17. The van der Waals surface area contributed by atoms with Crippen LogP contribution in [0.5, 0.6) is 0 Å². The third kappa shape index (κ3) is 1.68. The number of hydrogen-bond donors (Lipinski definition) is 3. The quantitative estimate of drug-likeness (QED) is 0.332. The highest BCUT2D eigenvalue weighted by molar-refractivity contribution is 8.09. The van der Waals surface area contributed by atoms with Crippen LogP contribution in [-0.4, -0.2) is 22.5 Å². The van der Waals surface area contributed by atoms with Gasteiger partial charge in [-0.05, 0) is 6.07 Å². The van der Waals surface area contributed by atoms with Crippen molar-refractivity contribution in [2.24, 2.45) is 10.9 Å². The summed E-state index contributed by atoms with van der Waals surface area (Å²) in [6.45, 7) is 0. The maximum atomic E-state index is 11.3. The van der Waals surface area contributed by atoms with Crippen molar-refractivity contribution in [2.45, 2.75) is 0 Å². The van der Waals surface area contributed by atoms with E-state index < -0.39 is 0 Å². The Bertz CT molecular complexity index is 786. The molecule has 1 aromatic heterocycles. The van der Waals surface area contributed by atoms with E-state index in [-0.39, 0.29) is 5.91 Å². The van der Waals surface area contributed by atoms with Gasteiger partial charge < -0.3 is 16.1 Å². The van der Waals surface area contributed by atoms with Crippen LogP contribution in [0.2, 0.25) is 0 Å². The van der Waals surface area contributed by atoms with Crippen LogP contribution in [0.1, 0.15) is 0 Å². The lowest BCUT2D eigenvalue weighted by Gasteiger charge is -1.93. The molecule has 1 aliphatic rings. The van der Waals surface area contributed by atoms with Gasteiger partial charge in [0.05, 0.1) is 10.8 Å². The van der Waals surface area contributed by atoms with Crippen molar-refractivity contribution in [2.75, 3.05) is 5.75 Å². The molecule has 0 atom stereocenters. The number of nitrogens with zero attached hydrogens (tertiary/aromatic N) is 1. The number of amides is 1. The molecule has 0 radical (unpaired) electrons. The third-order valence-corrected chi connectivity index (χ3v) is 3.71. The first-order valence-electron chi connectivity index (χ1n) is 5.36. The summed E-state index contributed by atoms with van der Waals surface area (Å²) in [5.74, 6) is 8.34. The first kappa shape index (κ1) is 11.0. The van der Waals surface area contributed by atoms with E-state index in [4.69, 9.17) is 5.84 Å². The van der Waals surface area contributed by atoms with Crippen molar-refractivity contribution in [3.63, 3.8) is 0 Å². The first-order chi connectivity index (χ1) is 8.79. The Morgan fingerprint density at radius 2 is 2.22 bits per heavy atom. The second-order valence-corrected chi connectivity index (χ2v) is 4.81. The van der Waals surface area contributed by atoms with Gasteiger partial charge in [-0.1, -0.05) is 30.0 Å². The van der Waals surface area contributed by atoms with E-state index in [0.29, 0.717) is 11.1 Å². The number of carbonyl (C=O) groups is 1. The fourth-order valence-electron chi connectivity index (χ4n) is 2.00. The predicted octanol–water partition coefficient (Wildman–Crippen LogP) is -0.688. The number of hydrogen-bond acceptors (Lipinski definition) is 4. The van der Waals surface area contributed by atoms with Crippen LogP contribution < -0.4 is 21.7 Å². The van der Waals surface area contributed by atoms with Crippen LogP contribution in [-0.2, 0) is 4.79 Å². The van der Waals surface area contributed by atoms with Gasteiger partial charge in [-0.25, -0.2) is 0 Å². The van der Waals surface area contributed by atoms with E-state index in [1.807, 2.05) is 24.3 Å². The molecule has 5 nitrogen and oxygen atoms in total. The Balaban J connectivity index is 2.51. The molecule has 3 rings (SSSR count). The molecule has 0 bridgehead atoms. The van der Waals surface area contributed by atoms with Crippen LogP contribution in [0.15, 0.2) is 29.4 Å². The zero-order valence-corrected chi connectivity index (χ0v) is 10.2. The molecule has 0 saturated carbocycles. The molecule has 1 aromatic carbocycles. The van der Waals surface area contributed by atoms with Gasteiger partial charge >= 0.3 is 0 Å². The number of nitrogens with one attached hydrogen (secondary N) is 2. The zero-order valence-electron chi connectivity index (χ0n) is 9.36. The third-order valence-electron chi connectivity index (χ3n) is 2.71. The standard InChI is InChI=1S/C12H10N4OS/c13-14-5-9-11(12-16-10(17)6-18-12)7-3-1-2-4-8(7)15-9/h1-4,15H,6,13H2,(H,16,17). The minimum atomic E-state index is 0.0101. The second-order valence-electron chi connectivity index (χ2n) is 3.83. The molecule has 1 aliphatic heterocycles. The van der Waals surface area contributed by atoms with Gasteiger partial charge in [0.25, 0.3) is 0 Å². The number of carbonyl (C=O) groups excluding carboxylic acids is 1. The second kappa shape index (κ2) is 4.25. The molecule has 1 fully saturated rings. The molecule has 90 valence electrons. The largest absolute Gasteiger partial charge is 0.347 e. The minimum absolute atomic E-state index is 0.0101. The van der Waals surface area contributed by atoms with Crippen LogP contribution in [0.25, 0.3) is 15.9 Å². The Morgan fingerprint density at radius 3 is 2.94 bits per heavy atom. The first-order valence-corrected chi connectivity index (χ1v) is 6.35. The van der Waals surface area contributed by atoms with Crippen molar-refractivity contribution in [3.8, 4) is 0 Å². The summed E-state index contributed by atoms with van der Waals surface area (Å²) >= 11 is 1.48. The van der Waals surface area contributed by atoms with Gasteiger partial charge in [0, 0.05) is 22.0 Å². The van der Waals surface area contributed by atoms with Crippen molar-refractivity contribution in [1.82, 2.24) is 10.3 Å². The molecule has 2 heterocycles. The van der Waals surface area contributed by atoms with Crippen LogP contribution in [0.4, 0.5) is 0 Å². The molecule has 0 spiro atoms. The number of nitrogens with two attached hydrogens (primary N) is 1. The zero-order chi connectivity index (χ0) is 12.5. The summed E-state index contributed by atoms with van der Waals surface area (Å²) in [7, 11) is 0. The Morgan fingerprint density at radius 1 is 1.39 bits per heavy atom. The number of para-hydroxylation sites is 1. The van der Waals surface area contributed by atoms with E-state index in [2.05, 4.69) is 21.3 Å². The number of hydrazone groups is 1. The van der Waals surface area contributed by atoms with Gasteiger partial charge in [0.15, 0.2) is 0 Å². The summed E-state index contributed by atoms with van der Waals surface area (Å²) < 4.78 is 0. The van der Waals surface area contributed by atoms with Crippen LogP contribution in [0, 0.1) is 0 Å². The highest BCUT2D eigenvalue weighted by atomic mass is 32.2. The summed E-state index contributed by atoms with van der Waals surface area (Å²) in [6, 6.07) is 7.84. The summed E-state index contributed by atoms with van der Waals surface area (Å²) in [4.78, 5) is 14.5. The average Bonchev–Trinajstić information content (AvgIpc) is 2.92. The highest BCUT2D eigenvalue weighted by Gasteiger charge is 2.17. The number of aromatic amines is 1. The van der Waals surface area contributed by atoms with Gasteiger partial charge in [-0.2, -0.15) is 0 Å². The lowest BCUT2D eigenvalue weighted by atomic mass is 10.2. The van der Waals surface area contributed by atoms with Crippen LogP contribution in [0.3, 0.4) is 0 Å². The number of aromatic nitrogens is 1. The SMILES string of the molecule is NN=C=c1[nH]c2ccccc2c1=C1NC(=O)CS1. The van der Waals surface area contributed by atoms with Crippen molar-refractivity contribution < 1.29 is 4.79 Å². The average molecular weight is 258 g/mol. The molecule has 18 heavy (non-hydrogen) atoms. The molecule has 0 aliphatic carbocycles. The molecule has 1 amide bonds. The smallest absolute Gasteiger partial charge is 0.235 e.